The van der Waals surface area contributed by atoms with Gasteiger partial charge in [0.25, 0.3) is 5.91 Å². The highest BCUT2D eigenvalue weighted by atomic mass is 32.2. The lowest BCUT2D eigenvalue weighted by molar-refractivity contribution is -0.121. The largest absolute Gasteiger partial charge is 0.494 e. The number of thioether (sulfide) groups is 1. The number of hydrogen-bond acceptors (Lipinski definition) is 5. The van der Waals surface area contributed by atoms with Crippen molar-refractivity contribution in [2.75, 3.05) is 23.0 Å². The number of aliphatic imine (C=N–C) groups is 1. The number of rotatable bonds is 7. The molecule has 1 aromatic carbocycles. The Morgan fingerprint density at radius 3 is 2.86 bits per heavy atom. The molecule has 1 amide bonds. The van der Waals surface area contributed by atoms with Crippen LogP contribution in [0.2, 0.25) is 0 Å². The molecule has 0 aromatic heterocycles. The predicted molar refractivity (Wildman–Crippen MR) is 115 cm³/mol. The van der Waals surface area contributed by atoms with Gasteiger partial charge in [0.05, 0.1) is 24.2 Å². The summed E-state index contributed by atoms with van der Waals surface area (Å²) in [7, 11) is -3.08. The van der Waals surface area contributed by atoms with Crippen molar-refractivity contribution in [3.63, 3.8) is 0 Å². The second kappa shape index (κ2) is 8.86. The highest BCUT2D eigenvalue weighted by Crippen LogP contribution is 2.41. The first-order valence-electron chi connectivity index (χ1n) is 9.86. The van der Waals surface area contributed by atoms with Crippen LogP contribution in [0, 0.1) is 5.92 Å². The van der Waals surface area contributed by atoms with Crippen molar-refractivity contribution in [2.24, 2.45) is 10.9 Å². The number of carbonyl (C=O) groups is 1. The minimum Gasteiger partial charge on any atom is -0.494 e. The molecule has 6 nitrogen and oxygen atoms in total. The predicted octanol–water partition coefficient (Wildman–Crippen LogP) is 3.51. The molecule has 0 N–H and O–H groups in total. The van der Waals surface area contributed by atoms with E-state index in [4.69, 9.17) is 4.74 Å². The molecule has 154 valence electrons. The molecule has 3 rings (SSSR count). The summed E-state index contributed by atoms with van der Waals surface area (Å²) >= 11 is 1.41. The number of anilines is 1. The Kier molecular flexibility index (Phi) is 6.70. The van der Waals surface area contributed by atoms with Gasteiger partial charge in [0, 0.05) is 22.9 Å². The van der Waals surface area contributed by atoms with Gasteiger partial charge in [-0.3, -0.25) is 4.79 Å². The summed E-state index contributed by atoms with van der Waals surface area (Å²) in [5.74, 6) is 0.647. The molecule has 1 aromatic rings. The highest BCUT2D eigenvalue weighted by molar-refractivity contribution is 8.16. The summed E-state index contributed by atoms with van der Waals surface area (Å²) in [6, 6.07) is 7.42. The van der Waals surface area contributed by atoms with Crippen molar-refractivity contribution >= 4 is 38.4 Å². The van der Waals surface area contributed by atoms with Gasteiger partial charge in [-0.25, -0.2) is 8.42 Å². The molecule has 0 radical (unpaired) electrons. The number of ether oxygens (including phenoxy) is 1. The maximum absolute atomic E-state index is 12.4. The average molecular weight is 425 g/mol. The topological polar surface area (TPSA) is 76.0 Å². The third kappa shape index (κ3) is 4.71. The van der Waals surface area contributed by atoms with Crippen LogP contribution < -0.4 is 9.64 Å². The van der Waals surface area contributed by atoms with Gasteiger partial charge in [-0.15, -0.1) is 0 Å². The first-order valence-corrected chi connectivity index (χ1v) is 12.6. The summed E-state index contributed by atoms with van der Waals surface area (Å²) in [5.41, 5.74) is 0.821. The van der Waals surface area contributed by atoms with Crippen molar-refractivity contribution in [3.8, 4) is 5.75 Å². The SMILES string of the molecule is CCCCOc1cccc(N2C(=NC(=O)[C@@H](C)CC)S[C@@H]3CS(=O)(=O)C[C@@H]32)c1. The number of amides is 1. The van der Waals surface area contributed by atoms with Crippen LogP contribution in [0.1, 0.15) is 40.0 Å². The van der Waals surface area contributed by atoms with Crippen LogP contribution in [0.3, 0.4) is 0 Å². The van der Waals surface area contributed by atoms with Gasteiger partial charge in [-0.2, -0.15) is 4.99 Å². The molecule has 3 atom stereocenters. The number of unbranched alkanes of at least 4 members (excludes halogenated alkanes) is 1. The van der Waals surface area contributed by atoms with Crippen molar-refractivity contribution in [2.45, 2.75) is 51.3 Å². The molecule has 0 spiro atoms. The number of fused-ring (bicyclic) bond motifs is 1. The summed E-state index contributed by atoms with van der Waals surface area (Å²) in [6.07, 6.45) is 2.75. The van der Waals surface area contributed by atoms with Crippen LogP contribution in [0.4, 0.5) is 5.69 Å². The van der Waals surface area contributed by atoms with Crippen molar-refractivity contribution in [1.82, 2.24) is 0 Å². The number of carbonyl (C=O) groups excluding carboxylic acids is 1. The number of amidine groups is 1. The molecule has 0 aliphatic carbocycles. The van der Waals surface area contributed by atoms with E-state index in [1.807, 2.05) is 43.0 Å². The van der Waals surface area contributed by atoms with Gasteiger partial charge in [0.2, 0.25) is 0 Å². The van der Waals surface area contributed by atoms with Gasteiger partial charge in [-0.05, 0) is 25.0 Å². The molecule has 28 heavy (non-hydrogen) atoms. The molecule has 2 aliphatic rings. The van der Waals surface area contributed by atoms with E-state index in [-0.39, 0.29) is 34.6 Å². The van der Waals surface area contributed by atoms with Crippen LogP contribution in [0.25, 0.3) is 0 Å². The van der Waals surface area contributed by atoms with E-state index in [9.17, 15) is 13.2 Å². The quantitative estimate of drug-likeness (QED) is 0.624. The Hall–Kier alpha value is -1.54. The fourth-order valence-electron chi connectivity index (χ4n) is 3.30. The molecule has 2 saturated heterocycles. The van der Waals surface area contributed by atoms with Gasteiger partial charge in [0.15, 0.2) is 15.0 Å². The van der Waals surface area contributed by atoms with E-state index in [1.165, 1.54) is 11.8 Å². The molecule has 0 bridgehead atoms. The molecular weight excluding hydrogens is 396 g/mol. The number of hydrogen-bond donors (Lipinski definition) is 0. The molecule has 0 unspecified atom stereocenters. The Balaban J connectivity index is 1.92. The van der Waals surface area contributed by atoms with Crippen molar-refractivity contribution < 1.29 is 17.9 Å². The molecule has 2 fully saturated rings. The van der Waals surface area contributed by atoms with Crippen LogP contribution in [-0.4, -0.2) is 48.9 Å². The maximum Gasteiger partial charge on any atom is 0.250 e. The van der Waals surface area contributed by atoms with E-state index < -0.39 is 9.84 Å². The first kappa shape index (κ1) is 21.2. The van der Waals surface area contributed by atoms with Crippen molar-refractivity contribution in [1.29, 1.82) is 0 Å². The fraction of sp³-hybridized carbons (Fsp3) is 0.600. The van der Waals surface area contributed by atoms with E-state index in [0.717, 1.165) is 30.7 Å². The smallest absolute Gasteiger partial charge is 0.250 e. The third-order valence-electron chi connectivity index (χ3n) is 5.17. The minimum absolute atomic E-state index is 0.0854. The third-order valence-corrected chi connectivity index (χ3v) is 8.38. The second-order valence-corrected chi connectivity index (χ2v) is 10.8. The van der Waals surface area contributed by atoms with Crippen LogP contribution in [-0.2, 0) is 14.6 Å². The van der Waals surface area contributed by atoms with Gasteiger partial charge >= 0.3 is 0 Å². The molecule has 8 heteroatoms. The molecule has 2 aliphatic heterocycles. The maximum atomic E-state index is 12.4. The number of sulfone groups is 1. The zero-order valence-electron chi connectivity index (χ0n) is 16.6. The summed E-state index contributed by atoms with van der Waals surface area (Å²) < 4.78 is 30.2. The number of benzene rings is 1. The lowest BCUT2D eigenvalue weighted by Crippen LogP contribution is -2.37. The van der Waals surface area contributed by atoms with Crippen LogP contribution >= 0.6 is 11.8 Å². The highest BCUT2D eigenvalue weighted by Gasteiger charge is 2.49. The van der Waals surface area contributed by atoms with E-state index in [0.29, 0.717) is 11.8 Å². The van der Waals surface area contributed by atoms with Gasteiger partial charge < -0.3 is 9.64 Å². The standard InChI is InChI=1S/C20H28N2O4S2/c1-4-6-10-26-16-9-7-8-15(11-16)22-17-12-28(24,25)13-18(17)27-20(22)21-19(23)14(3)5-2/h7-9,11,14,17-18H,4-6,10,12-13H2,1-3H3/t14-,17-,18+/m0/s1. The lowest BCUT2D eigenvalue weighted by Gasteiger charge is -2.25. The Labute approximate surface area is 171 Å². The van der Waals surface area contributed by atoms with Crippen LogP contribution in [0.15, 0.2) is 29.3 Å². The Bertz CT molecular complexity index is 854. The summed E-state index contributed by atoms with van der Waals surface area (Å²) in [4.78, 5) is 18.7. The van der Waals surface area contributed by atoms with E-state index in [2.05, 4.69) is 11.9 Å². The zero-order valence-corrected chi connectivity index (χ0v) is 18.3. The van der Waals surface area contributed by atoms with Crippen molar-refractivity contribution in [3.05, 3.63) is 24.3 Å². The Morgan fingerprint density at radius 1 is 1.36 bits per heavy atom. The zero-order chi connectivity index (χ0) is 20.3. The lowest BCUT2D eigenvalue weighted by atomic mass is 10.1. The van der Waals surface area contributed by atoms with E-state index >= 15 is 0 Å². The summed E-state index contributed by atoms with van der Waals surface area (Å²) in [6.45, 7) is 6.58. The normalized spacial score (nSPS) is 25.7. The Morgan fingerprint density at radius 2 is 2.14 bits per heavy atom. The molecular formula is C20H28N2O4S2. The molecule has 2 heterocycles. The van der Waals surface area contributed by atoms with Gasteiger partial charge in [-0.1, -0.05) is 45.0 Å². The average Bonchev–Trinajstić information content (AvgIpc) is 3.12. The summed E-state index contributed by atoms with van der Waals surface area (Å²) in [5, 5.41) is 0.499. The fourth-order valence-corrected chi connectivity index (χ4v) is 7.22. The number of nitrogens with zero attached hydrogens (tertiary/aromatic N) is 2. The first-order chi connectivity index (χ1) is 13.3. The molecule has 0 saturated carbocycles. The second-order valence-electron chi connectivity index (χ2n) is 7.41. The van der Waals surface area contributed by atoms with Gasteiger partial charge in [0.1, 0.15) is 5.75 Å². The van der Waals surface area contributed by atoms with E-state index in [1.54, 1.807) is 0 Å². The van der Waals surface area contributed by atoms with Crippen LogP contribution in [0.5, 0.6) is 5.75 Å². The minimum atomic E-state index is -3.08. The monoisotopic (exact) mass is 424 g/mol.